The third kappa shape index (κ3) is 5.94. The van der Waals surface area contributed by atoms with Gasteiger partial charge in [0.1, 0.15) is 16.4 Å². The van der Waals surface area contributed by atoms with Gasteiger partial charge in [-0.25, -0.2) is 9.78 Å². The van der Waals surface area contributed by atoms with E-state index in [1.54, 1.807) is 36.4 Å². The van der Waals surface area contributed by atoms with E-state index in [1.807, 2.05) is 13.8 Å². The normalized spacial score (nSPS) is 11.6. The van der Waals surface area contributed by atoms with E-state index in [2.05, 4.69) is 15.2 Å². The number of aromatic amines is 1. The maximum atomic E-state index is 11.9. The van der Waals surface area contributed by atoms with Gasteiger partial charge in [0.2, 0.25) is 5.16 Å². The summed E-state index contributed by atoms with van der Waals surface area (Å²) in [6.07, 6.45) is 1.39. The zero-order chi connectivity index (χ0) is 22.5. The molecule has 2 aromatic carbocycles. The zero-order valence-corrected chi connectivity index (χ0v) is 19.2. The van der Waals surface area contributed by atoms with Gasteiger partial charge in [-0.1, -0.05) is 23.2 Å². The molecule has 0 unspecified atom stereocenters. The molecule has 2 N–H and O–H groups in total. The van der Waals surface area contributed by atoms with E-state index < -0.39 is 5.97 Å². The number of ether oxygens (including phenoxy) is 2. The molecule has 0 radical (unpaired) electrons. The van der Waals surface area contributed by atoms with Crippen molar-refractivity contribution in [2.45, 2.75) is 25.1 Å². The number of hydrogen-bond donors (Lipinski definition) is 2. The fourth-order valence-corrected chi connectivity index (χ4v) is 3.70. The molecule has 7 nitrogen and oxygen atoms in total. The summed E-state index contributed by atoms with van der Waals surface area (Å²) in [6.45, 7) is 3.77. The van der Waals surface area contributed by atoms with Crippen LogP contribution in [-0.2, 0) is 4.79 Å². The Bertz CT molecular complexity index is 1130. The smallest absolute Gasteiger partial charge is 0.342 e. The average Bonchev–Trinajstić information content (AvgIpc) is 3.17. The second-order valence-electron chi connectivity index (χ2n) is 6.58. The lowest BCUT2D eigenvalue weighted by Gasteiger charge is -2.13. The molecule has 0 amide bonds. The number of nitrogens with one attached hydrogen (secondary N) is 1. The molecular formula is C21H19Cl2N3O4S. The van der Waals surface area contributed by atoms with Crippen molar-refractivity contribution in [1.82, 2.24) is 15.2 Å². The number of nitrogens with zero attached hydrogens (tertiary/aromatic N) is 2. The lowest BCUT2D eigenvalue weighted by atomic mass is 10.2. The fourth-order valence-electron chi connectivity index (χ4n) is 2.65. The number of H-pyrrole nitrogens is 1. The second kappa shape index (κ2) is 10.1. The summed E-state index contributed by atoms with van der Waals surface area (Å²) >= 11 is 13.1. The van der Waals surface area contributed by atoms with Crippen LogP contribution in [0.15, 0.2) is 46.5 Å². The van der Waals surface area contributed by atoms with Gasteiger partial charge in [-0.3, -0.25) is 5.10 Å². The van der Waals surface area contributed by atoms with Crippen LogP contribution in [0, 0.1) is 0 Å². The van der Waals surface area contributed by atoms with Crippen LogP contribution in [0.1, 0.15) is 19.4 Å². The number of thioether (sulfide) groups is 1. The molecule has 0 aliphatic rings. The van der Waals surface area contributed by atoms with Crippen LogP contribution in [0.3, 0.4) is 0 Å². The number of carboxylic acids is 1. The lowest BCUT2D eigenvalue weighted by Crippen LogP contribution is -2.07. The largest absolute Gasteiger partial charge is 0.496 e. The van der Waals surface area contributed by atoms with Crippen LogP contribution in [0.2, 0.25) is 10.0 Å². The Kier molecular flexibility index (Phi) is 7.48. The Morgan fingerprint density at radius 2 is 1.84 bits per heavy atom. The number of methoxy groups -OCH3 is 1. The van der Waals surface area contributed by atoms with Crippen molar-refractivity contribution in [3.63, 3.8) is 0 Å². The van der Waals surface area contributed by atoms with Crippen molar-refractivity contribution >= 4 is 47.0 Å². The van der Waals surface area contributed by atoms with Crippen molar-refractivity contribution < 1.29 is 19.4 Å². The molecule has 0 aliphatic carbocycles. The first-order valence-electron chi connectivity index (χ1n) is 9.12. The molecule has 0 fully saturated rings. The summed E-state index contributed by atoms with van der Waals surface area (Å²) in [5.74, 6) is 0.351. The number of rotatable bonds is 8. The Hall–Kier alpha value is -2.68. The summed E-state index contributed by atoms with van der Waals surface area (Å²) < 4.78 is 11.1. The first kappa shape index (κ1) is 23.0. The first-order chi connectivity index (χ1) is 14.8. The van der Waals surface area contributed by atoms with Gasteiger partial charge in [0.15, 0.2) is 5.82 Å². The van der Waals surface area contributed by atoms with Crippen molar-refractivity contribution in [3.8, 4) is 22.9 Å². The van der Waals surface area contributed by atoms with E-state index >= 15 is 0 Å². The van der Waals surface area contributed by atoms with Gasteiger partial charge in [-0.2, -0.15) is 0 Å². The van der Waals surface area contributed by atoms with Crippen LogP contribution in [0.25, 0.3) is 17.5 Å². The highest BCUT2D eigenvalue weighted by atomic mass is 35.5. The summed E-state index contributed by atoms with van der Waals surface area (Å²) in [4.78, 5) is 16.3. The summed E-state index contributed by atoms with van der Waals surface area (Å²) in [5.41, 5.74) is 1.15. The predicted octanol–water partition coefficient (Wildman–Crippen LogP) is 5.79. The van der Waals surface area contributed by atoms with Crippen molar-refractivity contribution in [2.75, 3.05) is 7.11 Å². The highest BCUT2D eigenvalue weighted by Crippen LogP contribution is 2.34. The predicted molar refractivity (Wildman–Crippen MR) is 122 cm³/mol. The third-order valence-electron chi connectivity index (χ3n) is 3.91. The number of aliphatic carboxylic acids is 1. The second-order valence-corrected chi connectivity index (χ2v) is 8.46. The Morgan fingerprint density at radius 1 is 1.16 bits per heavy atom. The molecular weight excluding hydrogens is 461 g/mol. The average molecular weight is 480 g/mol. The minimum atomic E-state index is -1.13. The summed E-state index contributed by atoms with van der Waals surface area (Å²) in [7, 11) is 1.53. The van der Waals surface area contributed by atoms with E-state index in [0.717, 1.165) is 11.8 Å². The molecule has 0 bridgehead atoms. The van der Waals surface area contributed by atoms with E-state index in [0.29, 0.717) is 38.5 Å². The Labute approximate surface area is 193 Å². The molecule has 162 valence electrons. The van der Waals surface area contributed by atoms with Gasteiger partial charge in [0.25, 0.3) is 0 Å². The number of halogens is 2. The van der Waals surface area contributed by atoms with E-state index in [9.17, 15) is 9.90 Å². The lowest BCUT2D eigenvalue weighted by molar-refractivity contribution is -0.131. The maximum absolute atomic E-state index is 11.9. The third-order valence-corrected chi connectivity index (χ3v) is 5.26. The van der Waals surface area contributed by atoms with Crippen LogP contribution in [0.5, 0.6) is 11.5 Å². The highest BCUT2D eigenvalue weighted by Gasteiger charge is 2.17. The van der Waals surface area contributed by atoms with Gasteiger partial charge >= 0.3 is 5.97 Å². The first-order valence-corrected chi connectivity index (χ1v) is 10.7. The monoisotopic (exact) mass is 479 g/mol. The Balaban J connectivity index is 1.94. The van der Waals surface area contributed by atoms with Crippen molar-refractivity contribution in [1.29, 1.82) is 0 Å². The molecule has 0 saturated carbocycles. The quantitative estimate of drug-likeness (QED) is 0.311. The maximum Gasteiger partial charge on any atom is 0.342 e. The van der Waals surface area contributed by atoms with Gasteiger partial charge in [-0.15, -0.1) is 5.10 Å². The number of carboxylic acid groups (broad SMARTS) is 1. The van der Waals surface area contributed by atoms with Gasteiger partial charge in [0.05, 0.1) is 18.8 Å². The fraction of sp³-hybridized carbons (Fsp3) is 0.190. The molecule has 0 spiro atoms. The van der Waals surface area contributed by atoms with Crippen molar-refractivity contribution in [3.05, 3.63) is 56.9 Å². The number of hydrogen-bond acceptors (Lipinski definition) is 6. The number of aromatic nitrogens is 3. The number of carbonyl (C=O) groups is 1. The van der Waals surface area contributed by atoms with Gasteiger partial charge < -0.3 is 14.6 Å². The molecule has 31 heavy (non-hydrogen) atoms. The molecule has 0 saturated heterocycles. The standard InChI is InChI=1S/C21H19Cl2N3O4S/c1-11(2)30-16-6-4-13(22)8-12(16)9-18(20(27)28)31-21-24-19(25-26-21)15-10-14(23)5-7-17(15)29-3/h4-11H,1-3H3,(H,27,28)(H,24,25,26)/b18-9+. The van der Waals surface area contributed by atoms with E-state index in [-0.39, 0.29) is 16.2 Å². The van der Waals surface area contributed by atoms with E-state index in [4.69, 9.17) is 32.7 Å². The highest BCUT2D eigenvalue weighted by molar-refractivity contribution is 8.04. The molecule has 0 aliphatic heterocycles. The molecule has 10 heteroatoms. The molecule has 3 aromatic rings. The van der Waals surface area contributed by atoms with Crippen molar-refractivity contribution in [2.24, 2.45) is 0 Å². The van der Waals surface area contributed by atoms with Gasteiger partial charge in [0, 0.05) is 15.6 Å². The summed E-state index contributed by atoms with van der Waals surface area (Å²) in [6, 6.07) is 10.1. The Morgan fingerprint density at radius 3 is 2.48 bits per heavy atom. The molecule has 3 rings (SSSR count). The van der Waals surface area contributed by atoms with Crippen LogP contribution < -0.4 is 9.47 Å². The van der Waals surface area contributed by atoms with Crippen LogP contribution in [0.4, 0.5) is 0 Å². The minimum Gasteiger partial charge on any atom is -0.496 e. The molecule has 1 heterocycles. The minimum absolute atomic E-state index is 0.000480. The topological polar surface area (TPSA) is 97.3 Å². The zero-order valence-electron chi connectivity index (χ0n) is 16.8. The molecule has 1 aromatic heterocycles. The number of benzene rings is 2. The van der Waals surface area contributed by atoms with Crippen LogP contribution in [-0.4, -0.2) is 39.5 Å². The molecule has 0 atom stereocenters. The SMILES string of the molecule is COc1ccc(Cl)cc1-c1nc(S/C(=C/c2cc(Cl)ccc2OC(C)C)C(=O)O)n[nH]1. The van der Waals surface area contributed by atoms with Crippen LogP contribution >= 0.6 is 35.0 Å². The summed E-state index contributed by atoms with van der Waals surface area (Å²) in [5, 5.41) is 17.8. The van der Waals surface area contributed by atoms with E-state index in [1.165, 1.54) is 13.2 Å². The van der Waals surface area contributed by atoms with Gasteiger partial charge in [-0.05, 0) is 68.1 Å².